The van der Waals surface area contributed by atoms with Crippen LogP contribution in [0.4, 0.5) is 0 Å². The zero-order valence-electron chi connectivity index (χ0n) is 34.0. The molecule has 0 radical (unpaired) electrons. The summed E-state index contributed by atoms with van der Waals surface area (Å²) in [5.41, 5.74) is 0. The standard InChI is InChI=1S/C43H72O14/c1-3-5-6-7-8-9-10-11-12-13-14-15-16-17-18-19-20-21-22-23-24-25-27-52-29-32(55-35(45)26-4-2)30-53-42-41(51)39(49)37(47)34(57-42)31-54-43-40(50)38(48)36(46)33(28-44)56-43/h5-6,8-9,11-12,14-15,17-18,32-34,36-44,46-51H,3-4,7,10,13,16,19-31H2,1-2H3/b6-5-,9-8-,12-11-,15-14-,18-17-. The van der Waals surface area contributed by atoms with Crippen LogP contribution in [-0.2, 0) is 33.2 Å². The number of hydrogen-bond acceptors (Lipinski definition) is 14. The second-order valence-corrected chi connectivity index (χ2v) is 14.4. The highest BCUT2D eigenvalue weighted by Crippen LogP contribution is 2.26. The predicted octanol–water partition coefficient (Wildman–Crippen LogP) is 3.84. The van der Waals surface area contributed by atoms with Gasteiger partial charge in [-0.1, -0.05) is 100 Å². The van der Waals surface area contributed by atoms with Crippen molar-refractivity contribution in [3.8, 4) is 0 Å². The summed E-state index contributed by atoms with van der Waals surface area (Å²) < 4.78 is 33.5. The first kappa shape index (κ1) is 50.8. The number of aliphatic hydroxyl groups is 7. The van der Waals surface area contributed by atoms with Gasteiger partial charge >= 0.3 is 5.97 Å². The van der Waals surface area contributed by atoms with Crippen LogP contribution in [0.15, 0.2) is 60.8 Å². The van der Waals surface area contributed by atoms with Gasteiger partial charge in [-0.25, -0.2) is 0 Å². The Labute approximate surface area is 339 Å². The topological polar surface area (TPSA) is 214 Å². The summed E-state index contributed by atoms with van der Waals surface area (Å²) in [6.45, 7) is 3.11. The number of carbonyl (C=O) groups excluding carboxylic acids is 1. The number of unbranched alkanes of at least 4 members (excludes halogenated alkanes) is 6. The Balaban J connectivity index is 1.63. The highest BCUT2D eigenvalue weighted by molar-refractivity contribution is 5.69. The van der Waals surface area contributed by atoms with Crippen LogP contribution in [0.25, 0.3) is 0 Å². The van der Waals surface area contributed by atoms with Crippen molar-refractivity contribution in [1.29, 1.82) is 0 Å². The maximum absolute atomic E-state index is 12.3. The molecule has 14 nitrogen and oxygen atoms in total. The van der Waals surface area contributed by atoms with Crippen LogP contribution in [0.1, 0.15) is 104 Å². The summed E-state index contributed by atoms with van der Waals surface area (Å²) in [7, 11) is 0. The Morgan fingerprint density at radius 3 is 1.68 bits per heavy atom. The van der Waals surface area contributed by atoms with E-state index in [1.54, 1.807) is 0 Å². The van der Waals surface area contributed by atoms with Gasteiger partial charge in [0.15, 0.2) is 12.6 Å². The fraction of sp³-hybridized carbons (Fsp3) is 0.744. The minimum Gasteiger partial charge on any atom is -0.457 e. The zero-order valence-corrected chi connectivity index (χ0v) is 34.0. The van der Waals surface area contributed by atoms with Gasteiger partial charge in [0.1, 0.15) is 54.9 Å². The van der Waals surface area contributed by atoms with Crippen LogP contribution in [-0.4, -0.2) is 142 Å². The van der Waals surface area contributed by atoms with Crippen LogP contribution in [0.2, 0.25) is 0 Å². The molecule has 2 fully saturated rings. The van der Waals surface area contributed by atoms with E-state index < -0.39 is 86.7 Å². The summed E-state index contributed by atoms with van der Waals surface area (Å²) in [4.78, 5) is 12.3. The molecule has 0 spiro atoms. The lowest BCUT2D eigenvalue weighted by molar-refractivity contribution is -0.332. The second-order valence-electron chi connectivity index (χ2n) is 14.4. The Kier molecular flexibility index (Phi) is 28.2. The Bertz CT molecular complexity index is 1170. The Hall–Kier alpha value is -2.31. The van der Waals surface area contributed by atoms with E-state index in [-0.39, 0.29) is 19.6 Å². The quantitative estimate of drug-likeness (QED) is 0.0312. The Morgan fingerprint density at radius 2 is 1.11 bits per heavy atom. The van der Waals surface area contributed by atoms with Gasteiger partial charge in [-0.2, -0.15) is 0 Å². The van der Waals surface area contributed by atoms with Gasteiger partial charge in [0.25, 0.3) is 0 Å². The predicted molar refractivity (Wildman–Crippen MR) is 215 cm³/mol. The highest BCUT2D eigenvalue weighted by Gasteiger charge is 2.47. The molecule has 0 aromatic rings. The largest absolute Gasteiger partial charge is 0.457 e. The number of esters is 1. The average Bonchev–Trinajstić information content (AvgIpc) is 3.20. The lowest BCUT2D eigenvalue weighted by Crippen LogP contribution is -2.61. The molecule has 328 valence electrons. The normalized spacial score (nSPS) is 29.1. The number of aliphatic hydroxyl groups excluding tert-OH is 7. The minimum absolute atomic E-state index is 0.0420. The van der Waals surface area contributed by atoms with Crippen molar-refractivity contribution in [2.75, 3.05) is 33.0 Å². The van der Waals surface area contributed by atoms with Gasteiger partial charge in [-0.05, 0) is 57.8 Å². The first-order chi connectivity index (χ1) is 27.6. The van der Waals surface area contributed by atoms with Crippen molar-refractivity contribution in [2.24, 2.45) is 0 Å². The monoisotopic (exact) mass is 812 g/mol. The van der Waals surface area contributed by atoms with Gasteiger partial charge in [-0.3, -0.25) is 4.79 Å². The molecule has 7 N–H and O–H groups in total. The molecule has 2 heterocycles. The highest BCUT2D eigenvalue weighted by atomic mass is 16.7. The van der Waals surface area contributed by atoms with Crippen LogP contribution in [0.3, 0.4) is 0 Å². The lowest BCUT2D eigenvalue weighted by Gasteiger charge is -2.42. The third-order valence-electron chi connectivity index (χ3n) is 9.51. The molecular weight excluding hydrogens is 740 g/mol. The number of carbonyl (C=O) groups is 1. The number of ether oxygens (including phenoxy) is 6. The summed E-state index contributed by atoms with van der Waals surface area (Å²) in [6.07, 6.45) is 19.1. The van der Waals surface area contributed by atoms with Crippen molar-refractivity contribution >= 4 is 5.97 Å². The second kappa shape index (κ2) is 31.6. The fourth-order valence-corrected chi connectivity index (χ4v) is 6.11. The number of rotatable bonds is 30. The van der Waals surface area contributed by atoms with Gasteiger partial charge in [0, 0.05) is 13.0 Å². The van der Waals surface area contributed by atoms with Crippen molar-refractivity contribution in [3.63, 3.8) is 0 Å². The summed E-state index contributed by atoms with van der Waals surface area (Å²) in [5, 5.41) is 71.2. The van der Waals surface area contributed by atoms with Crippen LogP contribution >= 0.6 is 0 Å². The SMILES string of the molecule is CC/C=C\C/C=C\C/C=C\C/C=C\C/C=C\CCCCCCCCOCC(COC1OC(COC2OC(CO)C(O)C(O)C2O)C(O)C(O)C1O)OC(=O)CCC. The van der Waals surface area contributed by atoms with Gasteiger partial charge < -0.3 is 64.2 Å². The van der Waals surface area contributed by atoms with E-state index in [1.807, 2.05) is 6.92 Å². The van der Waals surface area contributed by atoms with Crippen LogP contribution < -0.4 is 0 Å². The zero-order chi connectivity index (χ0) is 41.7. The molecule has 2 aliphatic rings. The van der Waals surface area contributed by atoms with Crippen molar-refractivity contribution in [3.05, 3.63) is 60.8 Å². The molecule has 0 aromatic heterocycles. The third kappa shape index (κ3) is 21.0. The molecule has 14 heteroatoms. The number of allylic oxidation sites excluding steroid dienone is 10. The van der Waals surface area contributed by atoms with E-state index in [9.17, 15) is 40.5 Å². The van der Waals surface area contributed by atoms with Gasteiger partial charge in [-0.15, -0.1) is 0 Å². The first-order valence-corrected chi connectivity index (χ1v) is 20.9. The van der Waals surface area contributed by atoms with E-state index in [2.05, 4.69) is 67.7 Å². The smallest absolute Gasteiger partial charge is 0.306 e. The van der Waals surface area contributed by atoms with E-state index >= 15 is 0 Å². The molecule has 0 saturated carbocycles. The molecule has 57 heavy (non-hydrogen) atoms. The van der Waals surface area contributed by atoms with E-state index in [4.69, 9.17) is 28.4 Å². The van der Waals surface area contributed by atoms with Crippen LogP contribution in [0.5, 0.6) is 0 Å². The van der Waals surface area contributed by atoms with E-state index in [0.29, 0.717) is 13.0 Å². The minimum atomic E-state index is -1.71. The molecule has 11 unspecified atom stereocenters. The number of hydrogen-bond donors (Lipinski definition) is 7. The maximum Gasteiger partial charge on any atom is 0.306 e. The van der Waals surface area contributed by atoms with Crippen molar-refractivity contribution in [1.82, 2.24) is 0 Å². The maximum atomic E-state index is 12.3. The van der Waals surface area contributed by atoms with Crippen molar-refractivity contribution < 1.29 is 69.0 Å². The Morgan fingerprint density at radius 1 is 0.596 bits per heavy atom. The molecule has 2 saturated heterocycles. The first-order valence-electron chi connectivity index (χ1n) is 20.9. The average molecular weight is 813 g/mol. The van der Waals surface area contributed by atoms with E-state index in [1.165, 1.54) is 6.42 Å². The summed E-state index contributed by atoms with van der Waals surface area (Å²) >= 11 is 0. The van der Waals surface area contributed by atoms with Crippen molar-refractivity contribution in [2.45, 2.75) is 171 Å². The third-order valence-corrected chi connectivity index (χ3v) is 9.51. The van der Waals surface area contributed by atoms with E-state index in [0.717, 1.165) is 70.6 Å². The molecule has 0 aliphatic carbocycles. The van der Waals surface area contributed by atoms with Crippen LogP contribution in [0, 0.1) is 0 Å². The fourth-order valence-electron chi connectivity index (χ4n) is 6.11. The molecule has 2 aliphatic heterocycles. The molecule has 0 amide bonds. The molecule has 2 rings (SSSR count). The summed E-state index contributed by atoms with van der Waals surface area (Å²) in [5.74, 6) is -0.439. The molecule has 0 aromatic carbocycles. The summed E-state index contributed by atoms with van der Waals surface area (Å²) in [6, 6.07) is 0. The molecule has 11 atom stereocenters. The lowest BCUT2D eigenvalue weighted by atomic mass is 9.98. The van der Waals surface area contributed by atoms with Gasteiger partial charge in [0.2, 0.25) is 0 Å². The van der Waals surface area contributed by atoms with Gasteiger partial charge in [0.05, 0.1) is 26.4 Å². The molecular formula is C43H72O14. The molecule has 0 bridgehead atoms.